The van der Waals surface area contributed by atoms with E-state index in [1.54, 1.807) is 0 Å². The maximum Gasteiger partial charge on any atom is 0.338 e. The summed E-state index contributed by atoms with van der Waals surface area (Å²) in [4.78, 5) is 10.8. The highest BCUT2D eigenvalue weighted by Crippen LogP contribution is 2.24. The van der Waals surface area contributed by atoms with Gasteiger partial charge in [-0.1, -0.05) is 13.3 Å². The normalized spacial score (nSPS) is 32.4. The minimum atomic E-state index is -1.16. The Morgan fingerprint density at radius 3 is 2.90 bits per heavy atom. The van der Waals surface area contributed by atoms with Gasteiger partial charge in [-0.05, 0) is 6.42 Å². The Morgan fingerprint density at radius 1 is 1.80 bits per heavy atom. The van der Waals surface area contributed by atoms with E-state index in [2.05, 4.69) is 4.74 Å². The number of aliphatic hydroxyl groups is 1. The molecule has 3 heteroatoms. The third-order valence-corrected chi connectivity index (χ3v) is 1.79. The number of esters is 1. The molecule has 1 unspecified atom stereocenters. The first kappa shape index (κ1) is 7.54. The van der Waals surface area contributed by atoms with Gasteiger partial charge in [0.25, 0.3) is 0 Å². The smallest absolute Gasteiger partial charge is 0.338 e. The van der Waals surface area contributed by atoms with Crippen molar-refractivity contribution in [3.05, 3.63) is 0 Å². The first-order valence-electron chi connectivity index (χ1n) is 3.58. The van der Waals surface area contributed by atoms with E-state index < -0.39 is 11.6 Å². The second-order valence-corrected chi connectivity index (χ2v) is 2.67. The molecule has 58 valence electrons. The zero-order chi connectivity index (χ0) is 7.61. The number of cyclic esters (lactones) is 1. The summed E-state index contributed by atoms with van der Waals surface area (Å²) in [7, 11) is 0. The van der Waals surface area contributed by atoms with E-state index in [1.165, 1.54) is 0 Å². The summed E-state index contributed by atoms with van der Waals surface area (Å²) >= 11 is 0. The molecule has 0 spiro atoms. The fourth-order valence-electron chi connectivity index (χ4n) is 1.19. The van der Waals surface area contributed by atoms with Crippen LogP contribution < -0.4 is 0 Å². The summed E-state index contributed by atoms with van der Waals surface area (Å²) in [6.07, 6.45) is 1.79. The van der Waals surface area contributed by atoms with Crippen molar-refractivity contribution in [1.82, 2.24) is 0 Å². The maximum absolute atomic E-state index is 10.8. The fraction of sp³-hybridized carbons (Fsp3) is 0.857. The summed E-state index contributed by atoms with van der Waals surface area (Å²) in [5.74, 6) is -0.450. The van der Waals surface area contributed by atoms with Crippen LogP contribution in [0.1, 0.15) is 26.2 Å². The molecule has 0 radical (unpaired) electrons. The zero-order valence-corrected chi connectivity index (χ0v) is 6.09. The van der Waals surface area contributed by atoms with Crippen LogP contribution in [-0.2, 0) is 9.53 Å². The lowest BCUT2D eigenvalue weighted by molar-refractivity contribution is -0.153. The molecule has 1 aliphatic heterocycles. The van der Waals surface area contributed by atoms with Gasteiger partial charge in [0.05, 0.1) is 6.61 Å². The van der Waals surface area contributed by atoms with Crippen LogP contribution in [0.5, 0.6) is 0 Å². The number of ether oxygens (including phenoxy) is 1. The quantitative estimate of drug-likeness (QED) is 0.573. The van der Waals surface area contributed by atoms with Gasteiger partial charge >= 0.3 is 5.97 Å². The lowest BCUT2D eigenvalue weighted by Gasteiger charge is -2.15. The van der Waals surface area contributed by atoms with E-state index in [4.69, 9.17) is 0 Å². The monoisotopic (exact) mass is 144 g/mol. The standard InChI is InChI=1S/C7H12O3/c1-2-3-7(9)4-5-10-6(7)8/h9H,2-5H2,1H3. The highest BCUT2D eigenvalue weighted by Gasteiger charge is 2.41. The lowest BCUT2D eigenvalue weighted by Crippen LogP contribution is -2.33. The van der Waals surface area contributed by atoms with Gasteiger partial charge in [-0.15, -0.1) is 0 Å². The molecule has 10 heavy (non-hydrogen) atoms. The van der Waals surface area contributed by atoms with Crippen molar-refractivity contribution in [2.24, 2.45) is 0 Å². The van der Waals surface area contributed by atoms with Crippen LogP contribution in [0.25, 0.3) is 0 Å². The summed E-state index contributed by atoms with van der Waals surface area (Å²) < 4.78 is 4.63. The Labute approximate surface area is 60.0 Å². The second kappa shape index (κ2) is 2.58. The van der Waals surface area contributed by atoms with Crippen LogP contribution in [0.3, 0.4) is 0 Å². The second-order valence-electron chi connectivity index (χ2n) is 2.67. The predicted molar refractivity (Wildman–Crippen MR) is 35.4 cm³/mol. The summed E-state index contributed by atoms with van der Waals surface area (Å²) in [6.45, 7) is 2.30. The number of hydrogen-bond acceptors (Lipinski definition) is 3. The molecular formula is C7H12O3. The number of carbonyl (C=O) groups is 1. The van der Waals surface area contributed by atoms with Gasteiger partial charge in [-0.3, -0.25) is 0 Å². The molecule has 1 heterocycles. The highest BCUT2D eigenvalue weighted by atomic mass is 16.6. The average Bonchev–Trinajstić information content (AvgIpc) is 2.15. The molecule has 1 rings (SSSR count). The minimum absolute atomic E-state index is 0.370. The van der Waals surface area contributed by atoms with Gasteiger partial charge in [-0.25, -0.2) is 4.79 Å². The van der Waals surface area contributed by atoms with Crippen molar-refractivity contribution in [3.8, 4) is 0 Å². The average molecular weight is 144 g/mol. The fourth-order valence-corrected chi connectivity index (χ4v) is 1.19. The molecule has 1 fully saturated rings. The summed E-state index contributed by atoms with van der Waals surface area (Å²) in [5.41, 5.74) is -1.16. The predicted octanol–water partition coefficient (Wildman–Crippen LogP) is 0.464. The topological polar surface area (TPSA) is 46.5 Å². The van der Waals surface area contributed by atoms with E-state index in [-0.39, 0.29) is 0 Å². The van der Waals surface area contributed by atoms with Crippen LogP contribution in [0.2, 0.25) is 0 Å². The van der Waals surface area contributed by atoms with Gasteiger partial charge in [0, 0.05) is 6.42 Å². The lowest BCUT2D eigenvalue weighted by atomic mass is 9.97. The Balaban J connectivity index is 2.57. The van der Waals surface area contributed by atoms with Crippen molar-refractivity contribution in [2.45, 2.75) is 31.8 Å². The van der Waals surface area contributed by atoms with Crippen molar-refractivity contribution in [2.75, 3.05) is 6.61 Å². The maximum atomic E-state index is 10.8. The van der Waals surface area contributed by atoms with Crippen LogP contribution >= 0.6 is 0 Å². The van der Waals surface area contributed by atoms with E-state index in [0.717, 1.165) is 6.42 Å². The molecule has 0 aliphatic carbocycles. The molecule has 0 bridgehead atoms. The molecule has 0 aromatic heterocycles. The molecule has 1 atom stereocenters. The van der Waals surface area contributed by atoms with Crippen molar-refractivity contribution in [1.29, 1.82) is 0 Å². The molecule has 0 aromatic rings. The first-order chi connectivity index (χ1) is 4.69. The van der Waals surface area contributed by atoms with E-state index in [0.29, 0.717) is 19.4 Å². The molecule has 0 saturated carbocycles. The van der Waals surface area contributed by atoms with E-state index in [1.807, 2.05) is 6.92 Å². The van der Waals surface area contributed by atoms with Crippen molar-refractivity contribution >= 4 is 5.97 Å². The number of rotatable bonds is 2. The highest BCUT2D eigenvalue weighted by molar-refractivity contribution is 5.80. The van der Waals surface area contributed by atoms with Gasteiger partial charge < -0.3 is 9.84 Å². The Kier molecular flexibility index (Phi) is 1.94. The number of hydrogen-bond donors (Lipinski definition) is 1. The van der Waals surface area contributed by atoms with Gasteiger partial charge in [0.15, 0.2) is 5.60 Å². The van der Waals surface area contributed by atoms with Gasteiger partial charge in [-0.2, -0.15) is 0 Å². The molecule has 0 aromatic carbocycles. The van der Waals surface area contributed by atoms with Crippen LogP contribution in [-0.4, -0.2) is 23.3 Å². The SMILES string of the molecule is CCCC1(O)CCOC1=O. The van der Waals surface area contributed by atoms with Crippen LogP contribution in [0.15, 0.2) is 0 Å². The van der Waals surface area contributed by atoms with Crippen molar-refractivity contribution < 1.29 is 14.6 Å². The number of carbonyl (C=O) groups excluding carboxylic acids is 1. The van der Waals surface area contributed by atoms with E-state index >= 15 is 0 Å². The zero-order valence-electron chi connectivity index (χ0n) is 6.09. The van der Waals surface area contributed by atoms with Crippen LogP contribution in [0.4, 0.5) is 0 Å². The molecular weight excluding hydrogens is 132 g/mol. The first-order valence-corrected chi connectivity index (χ1v) is 3.58. The third kappa shape index (κ3) is 1.14. The molecule has 0 amide bonds. The molecule has 1 aliphatic rings. The molecule has 1 saturated heterocycles. The van der Waals surface area contributed by atoms with Crippen molar-refractivity contribution in [3.63, 3.8) is 0 Å². The molecule has 1 N–H and O–H groups in total. The minimum Gasteiger partial charge on any atom is -0.463 e. The third-order valence-electron chi connectivity index (χ3n) is 1.79. The molecule has 3 nitrogen and oxygen atoms in total. The van der Waals surface area contributed by atoms with Gasteiger partial charge in [0.2, 0.25) is 0 Å². The Hall–Kier alpha value is -0.570. The Bertz CT molecular complexity index is 144. The summed E-state index contributed by atoms with van der Waals surface area (Å²) in [6, 6.07) is 0. The largest absolute Gasteiger partial charge is 0.463 e. The van der Waals surface area contributed by atoms with Crippen LogP contribution in [0, 0.1) is 0 Å². The summed E-state index contributed by atoms with van der Waals surface area (Å²) in [5, 5.41) is 9.49. The van der Waals surface area contributed by atoms with E-state index in [9.17, 15) is 9.90 Å². The Morgan fingerprint density at radius 2 is 2.50 bits per heavy atom. The van der Waals surface area contributed by atoms with Gasteiger partial charge in [0.1, 0.15) is 0 Å².